The van der Waals surface area contributed by atoms with Crippen LogP contribution in [0.15, 0.2) is 4.99 Å². The van der Waals surface area contributed by atoms with Crippen LogP contribution >= 0.6 is 0 Å². The minimum atomic E-state index is 0.582. The molecule has 0 radical (unpaired) electrons. The van der Waals surface area contributed by atoms with Gasteiger partial charge in [0.25, 0.3) is 0 Å². The first kappa shape index (κ1) is 14.8. The van der Waals surface area contributed by atoms with Crippen LogP contribution in [0.5, 0.6) is 0 Å². The Morgan fingerprint density at radius 2 is 1.89 bits per heavy atom. The van der Waals surface area contributed by atoms with E-state index in [9.17, 15) is 0 Å². The Hall–Kier alpha value is -1.26. The second-order valence-corrected chi connectivity index (χ2v) is 5.16. The molecule has 1 saturated heterocycles. The van der Waals surface area contributed by atoms with E-state index < -0.39 is 0 Å². The molecule has 0 aliphatic carbocycles. The average Bonchev–Trinajstić information content (AvgIpc) is 2.35. The van der Waals surface area contributed by atoms with Gasteiger partial charge in [0, 0.05) is 40.8 Å². The van der Waals surface area contributed by atoms with Crippen molar-refractivity contribution >= 4 is 11.9 Å². The lowest BCUT2D eigenvalue weighted by atomic mass is 9.99. The van der Waals surface area contributed by atoms with E-state index >= 15 is 0 Å². The Morgan fingerprint density at radius 1 is 1.33 bits per heavy atom. The second-order valence-electron chi connectivity index (χ2n) is 5.16. The number of nitrogens with one attached hydrogen (secondary N) is 1. The summed E-state index contributed by atoms with van der Waals surface area (Å²) in [6.07, 6.45) is 2.36. The summed E-state index contributed by atoms with van der Waals surface area (Å²) < 4.78 is 0. The van der Waals surface area contributed by atoms with Crippen LogP contribution in [-0.4, -0.2) is 67.4 Å². The Morgan fingerprint density at radius 3 is 2.28 bits per heavy atom. The van der Waals surface area contributed by atoms with Gasteiger partial charge in [-0.1, -0.05) is 6.92 Å². The fourth-order valence-corrected chi connectivity index (χ4v) is 2.34. The zero-order valence-electron chi connectivity index (χ0n) is 12.4. The van der Waals surface area contributed by atoms with Crippen LogP contribution in [0.25, 0.3) is 0 Å². The summed E-state index contributed by atoms with van der Waals surface area (Å²) in [5, 5.41) is 8.38. The van der Waals surface area contributed by atoms with Crippen molar-refractivity contribution in [2.75, 3.05) is 40.8 Å². The maximum absolute atomic E-state index is 8.38. The number of hydrogen-bond donors (Lipinski definition) is 1. The molecule has 1 aliphatic rings. The van der Waals surface area contributed by atoms with E-state index in [0.717, 1.165) is 31.5 Å². The smallest absolute Gasteiger partial charge is 0.202 e. The molecule has 0 aromatic heterocycles. The number of rotatable bonds is 1. The predicted molar refractivity (Wildman–Crippen MR) is 77.1 cm³/mol. The van der Waals surface area contributed by atoms with Gasteiger partial charge in [-0.25, -0.2) is 0 Å². The minimum Gasteiger partial charge on any atom is -0.349 e. The summed E-state index contributed by atoms with van der Waals surface area (Å²) in [5.74, 6) is 2.22. The summed E-state index contributed by atoms with van der Waals surface area (Å²) in [6, 6.07) is 0. The monoisotopic (exact) mass is 253 g/mol. The Balaban J connectivity index is 2.73. The summed E-state index contributed by atoms with van der Waals surface area (Å²) >= 11 is 0. The summed E-state index contributed by atoms with van der Waals surface area (Å²) in [5.41, 5.74) is 0. The lowest BCUT2D eigenvalue weighted by molar-refractivity contribution is 0.257. The van der Waals surface area contributed by atoms with Gasteiger partial charge in [0.1, 0.15) is 0 Å². The zero-order chi connectivity index (χ0) is 13.7. The fraction of sp³-hybridized carbons (Fsp3) is 0.846. The first-order valence-electron chi connectivity index (χ1n) is 6.76. The molecule has 0 aromatic rings. The van der Waals surface area contributed by atoms with Crippen LogP contribution in [0, 0.1) is 11.3 Å². The highest BCUT2D eigenvalue weighted by atomic mass is 15.4. The van der Waals surface area contributed by atoms with Gasteiger partial charge in [0.15, 0.2) is 0 Å². The van der Waals surface area contributed by atoms with Crippen molar-refractivity contribution in [1.82, 2.24) is 14.7 Å². The number of piperidine rings is 1. The first-order chi connectivity index (χ1) is 8.51. The molecule has 1 N–H and O–H groups in total. The highest BCUT2D eigenvalue weighted by molar-refractivity contribution is 5.97. The number of guanidine groups is 2. The molecule has 0 spiro atoms. The molecule has 0 atom stereocenters. The van der Waals surface area contributed by atoms with Crippen LogP contribution < -0.4 is 0 Å². The summed E-state index contributed by atoms with van der Waals surface area (Å²) in [4.78, 5) is 10.4. The molecule has 1 heterocycles. The normalized spacial score (nSPS) is 17.8. The molecule has 104 valence electrons. The van der Waals surface area contributed by atoms with Gasteiger partial charge in [-0.15, -0.1) is 0 Å². The van der Waals surface area contributed by atoms with Crippen molar-refractivity contribution < 1.29 is 0 Å². The maximum Gasteiger partial charge on any atom is 0.202 e. The number of likely N-dealkylation sites (tertiary alicyclic amines) is 1. The van der Waals surface area contributed by atoms with Crippen LogP contribution in [0.2, 0.25) is 0 Å². The molecule has 5 heteroatoms. The van der Waals surface area contributed by atoms with E-state index in [1.807, 2.05) is 23.9 Å². The summed E-state index contributed by atoms with van der Waals surface area (Å²) in [6.45, 7) is 7.10. The van der Waals surface area contributed by atoms with Crippen molar-refractivity contribution in [2.24, 2.45) is 10.9 Å². The quantitative estimate of drug-likeness (QED) is 0.569. The fourth-order valence-electron chi connectivity index (χ4n) is 2.34. The van der Waals surface area contributed by atoms with Gasteiger partial charge in [-0.3, -0.25) is 15.3 Å². The van der Waals surface area contributed by atoms with E-state index in [1.165, 1.54) is 12.8 Å². The molecule has 1 aliphatic heterocycles. The topological polar surface area (TPSA) is 45.9 Å². The number of hydrogen-bond acceptors (Lipinski definition) is 2. The van der Waals surface area contributed by atoms with Crippen LogP contribution in [0.1, 0.15) is 26.7 Å². The van der Waals surface area contributed by atoms with Crippen molar-refractivity contribution in [3.05, 3.63) is 0 Å². The molecule has 18 heavy (non-hydrogen) atoms. The largest absolute Gasteiger partial charge is 0.349 e. The SMILES string of the molecule is CCN(C(=N)N1CCC(C)CC1)C(=NC)N(C)C. The van der Waals surface area contributed by atoms with Gasteiger partial charge in [0.05, 0.1) is 0 Å². The van der Waals surface area contributed by atoms with Crippen molar-refractivity contribution in [3.63, 3.8) is 0 Å². The Kier molecular flexibility index (Phi) is 5.44. The molecule has 0 unspecified atom stereocenters. The molecular formula is C13H27N5. The standard InChI is InChI=1S/C13H27N5/c1-6-18(13(15-3)16(4)5)12(14)17-9-7-11(2)8-10-17/h11,14H,6-10H2,1-5H3. The van der Waals surface area contributed by atoms with E-state index in [1.54, 1.807) is 7.05 Å². The molecule has 0 amide bonds. The van der Waals surface area contributed by atoms with E-state index in [4.69, 9.17) is 5.41 Å². The van der Waals surface area contributed by atoms with Crippen molar-refractivity contribution in [2.45, 2.75) is 26.7 Å². The number of nitrogens with zero attached hydrogens (tertiary/aromatic N) is 4. The van der Waals surface area contributed by atoms with E-state index in [2.05, 4.69) is 23.7 Å². The number of aliphatic imine (C=N–C) groups is 1. The van der Waals surface area contributed by atoms with Gasteiger partial charge in [0.2, 0.25) is 11.9 Å². The van der Waals surface area contributed by atoms with Crippen LogP contribution in [0.3, 0.4) is 0 Å². The lowest BCUT2D eigenvalue weighted by Gasteiger charge is -2.38. The highest BCUT2D eigenvalue weighted by Gasteiger charge is 2.24. The van der Waals surface area contributed by atoms with Gasteiger partial charge >= 0.3 is 0 Å². The predicted octanol–water partition coefficient (Wildman–Crippen LogP) is 1.52. The zero-order valence-corrected chi connectivity index (χ0v) is 12.4. The van der Waals surface area contributed by atoms with Gasteiger partial charge in [-0.2, -0.15) is 0 Å². The second kappa shape index (κ2) is 6.61. The van der Waals surface area contributed by atoms with Crippen LogP contribution in [-0.2, 0) is 0 Å². The van der Waals surface area contributed by atoms with Crippen molar-refractivity contribution in [3.8, 4) is 0 Å². The Bertz CT molecular complexity index is 303. The maximum atomic E-state index is 8.38. The van der Waals surface area contributed by atoms with E-state index in [-0.39, 0.29) is 0 Å². The third-order valence-corrected chi connectivity index (χ3v) is 3.50. The minimum absolute atomic E-state index is 0.582. The molecule has 1 rings (SSSR count). The Labute approximate surface area is 111 Å². The molecule has 0 bridgehead atoms. The van der Waals surface area contributed by atoms with Crippen LogP contribution in [0.4, 0.5) is 0 Å². The average molecular weight is 253 g/mol. The first-order valence-corrected chi connectivity index (χ1v) is 6.76. The highest BCUT2D eigenvalue weighted by Crippen LogP contribution is 2.17. The molecule has 1 fully saturated rings. The third kappa shape index (κ3) is 3.37. The molecule has 5 nitrogen and oxygen atoms in total. The molecule has 0 saturated carbocycles. The summed E-state index contributed by atoms with van der Waals surface area (Å²) in [7, 11) is 5.72. The molecular weight excluding hydrogens is 226 g/mol. The third-order valence-electron chi connectivity index (χ3n) is 3.50. The molecule has 0 aromatic carbocycles. The van der Waals surface area contributed by atoms with Gasteiger partial charge in [-0.05, 0) is 25.7 Å². The van der Waals surface area contributed by atoms with Crippen molar-refractivity contribution in [1.29, 1.82) is 5.41 Å². The lowest BCUT2D eigenvalue weighted by Crippen LogP contribution is -2.52. The van der Waals surface area contributed by atoms with Gasteiger partial charge < -0.3 is 9.80 Å². The van der Waals surface area contributed by atoms with E-state index in [0.29, 0.717) is 5.96 Å².